The second kappa shape index (κ2) is 10.0. The minimum atomic E-state index is -0.616. The fourth-order valence-electron chi connectivity index (χ4n) is 4.45. The Hall–Kier alpha value is -4.13. The molecule has 0 radical (unpaired) electrons. The van der Waals surface area contributed by atoms with E-state index in [0.717, 1.165) is 22.3 Å². The first-order chi connectivity index (χ1) is 16.8. The third-order valence-corrected chi connectivity index (χ3v) is 6.37. The standard InChI is InChI=1S/C28H29N3O4/c1-5-25(27(33)35-4)31-18(3)23-15-10-20(16-24(23)26(31)32)19-8-13-22(14-9-19)30-28(34)29-21-11-6-17(2)7-12-21/h6-16,18,25H,5H2,1-4H3,(H2,29,30,34)/t18-,25-/m0/s1. The minimum Gasteiger partial charge on any atom is -0.467 e. The van der Waals surface area contributed by atoms with Crippen molar-refractivity contribution in [3.63, 3.8) is 0 Å². The summed E-state index contributed by atoms with van der Waals surface area (Å²) in [4.78, 5) is 39.4. The fraction of sp³-hybridized carbons (Fsp3) is 0.250. The molecule has 1 aliphatic heterocycles. The lowest BCUT2D eigenvalue weighted by Crippen LogP contribution is -2.43. The summed E-state index contributed by atoms with van der Waals surface area (Å²) in [7, 11) is 1.34. The van der Waals surface area contributed by atoms with Crippen LogP contribution in [0.2, 0.25) is 0 Å². The van der Waals surface area contributed by atoms with Gasteiger partial charge in [0.25, 0.3) is 5.91 Å². The molecule has 180 valence electrons. The molecule has 0 unspecified atom stereocenters. The summed E-state index contributed by atoms with van der Waals surface area (Å²) in [5.74, 6) is -0.576. The lowest BCUT2D eigenvalue weighted by atomic mass is 9.98. The number of fused-ring (bicyclic) bond motifs is 1. The van der Waals surface area contributed by atoms with Gasteiger partial charge in [0.05, 0.1) is 13.2 Å². The van der Waals surface area contributed by atoms with E-state index in [4.69, 9.17) is 4.74 Å². The molecule has 3 aromatic carbocycles. The average Bonchev–Trinajstić information content (AvgIpc) is 3.11. The van der Waals surface area contributed by atoms with Crippen molar-refractivity contribution in [1.29, 1.82) is 0 Å². The number of carbonyl (C=O) groups excluding carboxylic acids is 3. The number of rotatable bonds is 6. The van der Waals surface area contributed by atoms with Crippen molar-refractivity contribution < 1.29 is 19.1 Å². The van der Waals surface area contributed by atoms with Crippen molar-refractivity contribution in [2.75, 3.05) is 17.7 Å². The van der Waals surface area contributed by atoms with Gasteiger partial charge in [-0.1, -0.05) is 48.9 Å². The van der Waals surface area contributed by atoms with Gasteiger partial charge in [-0.2, -0.15) is 0 Å². The highest BCUT2D eigenvalue weighted by molar-refractivity contribution is 6.02. The number of ether oxygens (including phenoxy) is 1. The molecule has 3 aromatic rings. The molecular weight excluding hydrogens is 442 g/mol. The monoisotopic (exact) mass is 471 g/mol. The highest BCUT2D eigenvalue weighted by Crippen LogP contribution is 2.38. The first-order valence-corrected chi connectivity index (χ1v) is 11.6. The number of aryl methyl sites for hydroxylation is 1. The summed E-state index contributed by atoms with van der Waals surface area (Å²) >= 11 is 0. The van der Waals surface area contributed by atoms with Gasteiger partial charge < -0.3 is 20.3 Å². The van der Waals surface area contributed by atoms with E-state index in [1.165, 1.54) is 7.11 Å². The number of hydrogen-bond acceptors (Lipinski definition) is 4. The van der Waals surface area contributed by atoms with Crippen molar-refractivity contribution >= 4 is 29.3 Å². The number of benzene rings is 3. The Bertz CT molecular complexity index is 1250. The van der Waals surface area contributed by atoms with E-state index >= 15 is 0 Å². The van der Waals surface area contributed by atoms with Crippen LogP contribution >= 0.6 is 0 Å². The fourth-order valence-corrected chi connectivity index (χ4v) is 4.45. The van der Waals surface area contributed by atoms with Gasteiger partial charge >= 0.3 is 12.0 Å². The molecule has 0 aliphatic carbocycles. The van der Waals surface area contributed by atoms with Crippen LogP contribution in [-0.4, -0.2) is 36.0 Å². The van der Waals surface area contributed by atoms with Gasteiger partial charge in [0, 0.05) is 16.9 Å². The molecule has 2 atom stereocenters. The van der Waals surface area contributed by atoms with Gasteiger partial charge in [-0.05, 0) is 67.3 Å². The number of amides is 3. The smallest absolute Gasteiger partial charge is 0.328 e. The number of nitrogens with zero attached hydrogens (tertiary/aromatic N) is 1. The van der Waals surface area contributed by atoms with Crippen LogP contribution in [0.1, 0.15) is 47.8 Å². The normalized spacial score (nSPS) is 15.4. The Balaban J connectivity index is 1.48. The van der Waals surface area contributed by atoms with E-state index in [0.29, 0.717) is 23.4 Å². The summed E-state index contributed by atoms with van der Waals surface area (Å²) in [6.45, 7) is 5.78. The summed E-state index contributed by atoms with van der Waals surface area (Å²) in [6, 6.07) is 19.6. The van der Waals surface area contributed by atoms with Crippen molar-refractivity contribution in [2.24, 2.45) is 0 Å². The molecule has 0 saturated heterocycles. The largest absolute Gasteiger partial charge is 0.467 e. The first kappa shape index (κ1) is 24.0. The second-order valence-electron chi connectivity index (χ2n) is 8.66. The third-order valence-electron chi connectivity index (χ3n) is 6.37. The molecule has 0 aromatic heterocycles. The zero-order chi connectivity index (χ0) is 25.1. The predicted octanol–water partition coefficient (Wildman–Crippen LogP) is 5.77. The molecule has 1 aliphatic rings. The van der Waals surface area contributed by atoms with Crippen LogP contribution in [0.15, 0.2) is 66.7 Å². The van der Waals surface area contributed by atoms with E-state index < -0.39 is 12.0 Å². The maximum absolute atomic E-state index is 13.2. The molecule has 0 spiro atoms. The number of urea groups is 1. The van der Waals surface area contributed by atoms with Gasteiger partial charge in [0.1, 0.15) is 6.04 Å². The van der Waals surface area contributed by atoms with Crippen molar-refractivity contribution in [3.05, 3.63) is 83.4 Å². The quantitative estimate of drug-likeness (QED) is 0.447. The zero-order valence-electron chi connectivity index (χ0n) is 20.3. The Morgan fingerprint density at radius 2 is 1.51 bits per heavy atom. The maximum Gasteiger partial charge on any atom is 0.328 e. The number of esters is 1. The van der Waals surface area contributed by atoms with Crippen LogP contribution in [0.5, 0.6) is 0 Å². The number of nitrogens with one attached hydrogen (secondary N) is 2. The Morgan fingerprint density at radius 3 is 2.09 bits per heavy atom. The molecule has 7 heteroatoms. The Labute approximate surface area is 205 Å². The summed E-state index contributed by atoms with van der Waals surface area (Å²) in [5, 5.41) is 5.63. The lowest BCUT2D eigenvalue weighted by molar-refractivity contribution is -0.146. The van der Waals surface area contributed by atoms with Gasteiger partial charge in [-0.3, -0.25) is 4.79 Å². The van der Waals surface area contributed by atoms with Crippen LogP contribution in [0, 0.1) is 6.92 Å². The summed E-state index contributed by atoms with van der Waals surface area (Å²) < 4.78 is 4.91. The van der Waals surface area contributed by atoms with Crippen LogP contribution in [-0.2, 0) is 9.53 Å². The van der Waals surface area contributed by atoms with Crippen LogP contribution in [0.25, 0.3) is 11.1 Å². The van der Waals surface area contributed by atoms with Gasteiger partial charge in [-0.15, -0.1) is 0 Å². The van der Waals surface area contributed by atoms with Crippen LogP contribution in [0.4, 0.5) is 16.2 Å². The molecule has 0 saturated carbocycles. The third kappa shape index (κ3) is 4.89. The molecule has 0 fully saturated rings. The molecule has 35 heavy (non-hydrogen) atoms. The summed E-state index contributed by atoms with van der Waals surface area (Å²) in [6.07, 6.45) is 0.482. The predicted molar refractivity (Wildman–Crippen MR) is 136 cm³/mol. The number of carbonyl (C=O) groups is 3. The second-order valence-corrected chi connectivity index (χ2v) is 8.66. The average molecular weight is 472 g/mol. The van der Waals surface area contributed by atoms with Crippen molar-refractivity contribution in [3.8, 4) is 11.1 Å². The van der Waals surface area contributed by atoms with Gasteiger partial charge in [0.2, 0.25) is 0 Å². The SMILES string of the molecule is CC[C@@H](C(=O)OC)N1C(=O)c2cc(-c3ccc(NC(=O)Nc4ccc(C)cc4)cc3)ccc2[C@@H]1C. The number of hydrogen-bond donors (Lipinski definition) is 2. The number of anilines is 2. The molecule has 1 heterocycles. The molecule has 4 rings (SSSR count). The molecule has 0 bridgehead atoms. The Kier molecular flexibility index (Phi) is 6.87. The topological polar surface area (TPSA) is 87.7 Å². The maximum atomic E-state index is 13.2. The zero-order valence-corrected chi connectivity index (χ0v) is 20.3. The van der Waals surface area contributed by atoms with E-state index in [1.807, 2.05) is 87.5 Å². The number of methoxy groups -OCH3 is 1. The van der Waals surface area contributed by atoms with E-state index in [1.54, 1.807) is 4.90 Å². The van der Waals surface area contributed by atoms with Gasteiger partial charge in [-0.25, -0.2) is 9.59 Å². The first-order valence-electron chi connectivity index (χ1n) is 11.6. The molecular formula is C28H29N3O4. The summed E-state index contributed by atoms with van der Waals surface area (Å²) in [5.41, 5.74) is 5.77. The van der Waals surface area contributed by atoms with E-state index in [-0.39, 0.29) is 18.0 Å². The van der Waals surface area contributed by atoms with Gasteiger partial charge in [0.15, 0.2) is 0 Å². The van der Waals surface area contributed by atoms with E-state index in [2.05, 4.69) is 10.6 Å². The highest BCUT2D eigenvalue weighted by Gasteiger charge is 2.41. The lowest BCUT2D eigenvalue weighted by Gasteiger charge is -2.29. The highest BCUT2D eigenvalue weighted by atomic mass is 16.5. The van der Waals surface area contributed by atoms with Crippen molar-refractivity contribution in [2.45, 2.75) is 39.3 Å². The van der Waals surface area contributed by atoms with Crippen LogP contribution < -0.4 is 10.6 Å². The molecule has 7 nitrogen and oxygen atoms in total. The molecule has 3 amide bonds. The minimum absolute atomic E-state index is 0.169. The van der Waals surface area contributed by atoms with E-state index in [9.17, 15) is 14.4 Å². The molecule has 2 N–H and O–H groups in total. The van der Waals surface area contributed by atoms with Crippen LogP contribution in [0.3, 0.4) is 0 Å². The van der Waals surface area contributed by atoms with Crippen molar-refractivity contribution in [1.82, 2.24) is 4.90 Å². The Morgan fingerprint density at radius 1 is 0.943 bits per heavy atom.